The van der Waals surface area contributed by atoms with Gasteiger partial charge < -0.3 is 5.32 Å². The summed E-state index contributed by atoms with van der Waals surface area (Å²) >= 11 is 11.7. The Labute approximate surface area is 127 Å². The van der Waals surface area contributed by atoms with Crippen molar-refractivity contribution in [3.63, 3.8) is 0 Å². The maximum Gasteiger partial charge on any atom is 0.228 e. The molecule has 1 amide bonds. The third-order valence-electron chi connectivity index (χ3n) is 2.66. The minimum atomic E-state index is -0.141. The van der Waals surface area contributed by atoms with Gasteiger partial charge in [-0.1, -0.05) is 41.3 Å². The molecule has 0 aliphatic carbocycles. The first-order valence-electron chi connectivity index (χ1n) is 5.89. The summed E-state index contributed by atoms with van der Waals surface area (Å²) in [6.45, 7) is 0. The zero-order valence-corrected chi connectivity index (χ0v) is 12.0. The first-order valence-corrected chi connectivity index (χ1v) is 6.64. The van der Waals surface area contributed by atoms with Crippen LogP contribution in [0.25, 0.3) is 0 Å². The Balaban J connectivity index is 2.05. The summed E-state index contributed by atoms with van der Waals surface area (Å²) in [6.07, 6.45) is 5.53. The van der Waals surface area contributed by atoms with Crippen LogP contribution in [0, 0.1) is 12.3 Å². The highest BCUT2D eigenvalue weighted by Crippen LogP contribution is 2.23. The second kappa shape index (κ2) is 6.47. The molecule has 1 N–H and O–H groups in total. The van der Waals surface area contributed by atoms with Crippen LogP contribution >= 0.6 is 23.2 Å². The summed E-state index contributed by atoms with van der Waals surface area (Å²) in [7, 11) is 0. The van der Waals surface area contributed by atoms with Crippen LogP contribution in [0.4, 0.5) is 5.69 Å². The second-order valence-corrected chi connectivity index (χ2v) is 5.01. The van der Waals surface area contributed by atoms with Crippen molar-refractivity contribution in [3.8, 4) is 12.3 Å². The Morgan fingerprint density at radius 1 is 1.15 bits per heavy atom. The molecule has 2 aromatic rings. The van der Waals surface area contributed by atoms with Gasteiger partial charge in [0.2, 0.25) is 5.91 Å². The number of rotatable bonds is 3. The van der Waals surface area contributed by atoms with Crippen molar-refractivity contribution in [3.05, 3.63) is 63.6 Å². The molecule has 0 aromatic heterocycles. The largest absolute Gasteiger partial charge is 0.326 e. The Kier molecular flexibility index (Phi) is 4.68. The molecular formula is C16H11Cl2NO. The molecule has 2 nitrogen and oxygen atoms in total. The molecule has 0 aliphatic heterocycles. The average molecular weight is 304 g/mol. The van der Waals surface area contributed by atoms with Gasteiger partial charge in [0.25, 0.3) is 0 Å². The third-order valence-corrected chi connectivity index (χ3v) is 3.40. The molecule has 0 fully saturated rings. The summed E-state index contributed by atoms with van der Waals surface area (Å²) in [5.74, 6) is 2.38. The fraction of sp³-hybridized carbons (Fsp3) is 0.0625. The fourth-order valence-corrected chi connectivity index (χ4v) is 2.05. The molecule has 0 bridgehead atoms. The van der Waals surface area contributed by atoms with Crippen molar-refractivity contribution < 1.29 is 4.79 Å². The predicted octanol–water partition coefficient (Wildman–Crippen LogP) is 4.16. The molecule has 0 atom stereocenters. The van der Waals surface area contributed by atoms with E-state index in [0.29, 0.717) is 15.7 Å². The van der Waals surface area contributed by atoms with Gasteiger partial charge in [0, 0.05) is 11.3 Å². The van der Waals surface area contributed by atoms with Crippen LogP contribution < -0.4 is 5.32 Å². The molecule has 0 heterocycles. The average Bonchev–Trinajstić information content (AvgIpc) is 2.43. The van der Waals surface area contributed by atoms with Gasteiger partial charge in [0.15, 0.2) is 0 Å². The fourth-order valence-electron chi connectivity index (χ4n) is 1.73. The lowest BCUT2D eigenvalue weighted by Gasteiger charge is -2.06. The quantitative estimate of drug-likeness (QED) is 0.848. The lowest BCUT2D eigenvalue weighted by atomic mass is 10.1. The maximum atomic E-state index is 11.9. The van der Waals surface area contributed by atoms with E-state index in [0.717, 1.165) is 11.1 Å². The lowest BCUT2D eigenvalue weighted by Crippen LogP contribution is -2.14. The SMILES string of the molecule is C#Cc1cccc(NC(=O)Cc2ccc(Cl)c(Cl)c2)c1. The number of carbonyl (C=O) groups excluding carboxylic acids is 1. The van der Waals surface area contributed by atoms with Gasteiger partial charge in [0.1, 0.15) is 0 Å². The summed E-state index contributed by atoms with van der Waals surface area (Å²) in [6, 6.07) is 12.2. The van der Waals surface area contributed by atoms with Crippen molar-refractivity contribution >= 4 is 34.8 Å². The van der Waals surface area contributed by atoms with Crippen LogP contribution in [0.1, 0.15) is 11.1 Å². The van der Waals surface area contributed by atoms with Crippen molar-refractivity contribution in [2.75, 3.05) is 5.32 Å². The summed E-state index contributed by atoms with van der Waals surface area (Å²) in [5, 5.41) is 3.69. The normalized spacial score (nSPS) is 9.85. The van der Waals surface area contributed by atoms with Gasteiger partial charge in [-0.25, -0.2) is 0 Å². The molecule has 0 spiro atoms. The number of halogens is 2. The molecule has 100 valence electrons. The molecule has 0 saturated carbocycles. The summed E-state index contributed by atoms with van der Waals surface area (Å²) in [4.78, 5) is 11.9. The smallest absolute Gasteiger partial charge is 0.228 e. The topological polar surface area (TPSA) is 29.1 Å². The molecule has 0 aliphatic rings. The zero-order chi connectivity index (χ0) is 14.5. The number of nitrogens with one attached hydrogen (secondary N) is 1. The van der Waals surface area contributed by atoms with Gasteiger partial charge in [0.05, 0.1) is 16.5 Å². The number of anilines is 1. The molecule has 2 aromatic carbocycles. The van der Waals surface area contributed by atoms with E-state index in [1.165, 1.54) is 0 Å². The van der Waals surface area contributed by atoms with Crippen molar-refractivity contribution in [1.29, 1.82) is 0 Å². The standard InChI is InChI=1S/C16H11Cl2NO/c1-2-11-4-3-5-13(8-11)19-16(20)10-12-6-7-14(17)15(18)9-12/h1,3-9H,10H2,(H,19,20). The van der Waals surface area contributed by atoms with Crippen molar-refractivity contribution in [2.24, 2.45) is 0 Å². The van der Waals surface area contributed by atoms with E-state index < -0.39 is 0 Å². The van der Waals surface area contributed by atoms with Gasteiger partial charge in [-0.2, -0.15) is 0 Å². The van der Waals surface area contributed by atoms with Gasteiger partial charge in [-0.15, -0.1) is 6.42 Å². The Hall–Kier alpha value is -1.95. The number of hydrogen-bond acceptors (Lipinski definition) is 1. The van der Waals surface area contributed by atoms with Gasteiger partial charge in [-0.3, -0.25) is 4.79 Å². The van der Waals surface area contributed by atoms with Crippen molar-refractivity contribution in [1.82, 2.24) is 0 Å². The Bertz CT molecular complexity index is 689. The summed E-state index contributed by atoms with van der Waals surface area (Å²) < 4.78 is 0. The van der Waals surface area contributed by atoms with E-state index in [1.54, 1.807) is 42.5 Å². The van der Waals surface area contributed by atoms with E-state index >= 15 is 0 Å². The van der Waals surface area contributed by atoms with E-state index in [9.17, 15) is 4.79 Å². The third kappa shape index (κ3) is 3.77. The maximum absolute atomic E-state index is 11.9. The van der Waals surface area contributed by atoms with E-state index in [4.69, 9.17) is 29.6 Å². The molecule has 4 heteroatoms. The first kappa shape index (κ1) is 14.5. The van der Waals surface area contributed by atoms with Crippen LogP contribution in [0.3, 0.4) is 0 Å². The van der Waals surface area contributed by atoms with Crippen molar-refractivity contribution in [2.45, 2.75) is 6.42 Å². The molecule has 20 heavy (non-hydrogen) atoms. The van der Waals surface area contributed by atoms with Crippen LogP contribution in [0.15, 0.2) is 42.5 Å². The molecular weight excluding hydrogens is 293 g/mol. The predicted molar refractivity (Wildman–Crippen MR) is 83.2 cm³/mol. The Morgan fingerprint density at radius 3 is 2.65 bits per heavy atom. The van der Waals surface area contributed by atoms with Gasteiger partial charge >= 0.3 is 0 Å². The van der Waals surface area contributed by atoms with Crippen LogP contribution in [-0.4, -0.2) is 5.91 Å². The number of carbonyl (C=O) groups is 1. The highest BCUT2D eigenvalue weighted by Gasteiger charge is 2.06. The molecule has 0 saturated heterocycles. The highest BCUT2D eigenvalue weighted by atomic mass is 35.5. The van der Waals surface area contributed by atoms with Crippen LogP contribution in [0.5, 0.6) is 0 Å². The van der Waals surface area contributed by atoms with Crippen LogP contribution in [0.2, 0.25) is 10.0 Å². The van der Waals surface area contributed by atoms with E-state index in [1.807, 2.05) is 0 Å². The Morgan fingerprint density at radius 2 is 1.95 bits per heavy atom. The van der Waals surface area contributed by atoms with Gasteiger partial charge in [-0.05, 0) is 35.9 Å². The zero-order valence-electron chi connectivity index (χ0n) is 10.5. The molecule has 0 radical (unpaired) electrons. The highest BCUT2D eigenvalue weighted by molar-refractivity contribution is 6.42. The number of amides is 1. The summed E-state index contributed by atoms with van der Waals surface area (Å²) in [5.41, 5.74) is 2.19. The molecule has 2 rings (SSSR count). The monoisotopic (exact) mass is 303 g/mol. The lowest BCUT2D eigenvalue weighted by molar-refractivity contribution is -0.115. The van der Waals surface area contributed by atoms with Crippen LogP contribution in [-0.2, 0) is 11.2 Å². The molecule has 0 unspecified atom stereocenters. The number of benzene rings is 2. The van der Waals surface area contributed by atoms with E-state index in [-0.39, 0.29) is 12.3 Å². The first-order chi connectivity index (χ1) is 9.58. The number of hydrogen-bond donors (Lipinski definition) is 1. The second-order valence-electron chi connectivity index (χ2n) is 4.20. The minimum absolute atomic E-state index is 0.141. The number of terminal acetylenes is 1. The minimum Gasteiger partial charge on any atom is -0.326 e. The van der Waals surface area contributed by atoms with E-state index in [2.05, 4.69) is 11.2 Å².